The van der Waals surface area contributed by atoms with Gasteiger partial charge in [0, 0.05) is 12.8 Å². The van der Waals surface area contributed by atoms with E-state index in [0.29, 0.717) is 25.9 Å². The van der Waals surface area contributed by atoms with Crippen LogP contribution in [0.2, 0.25) is 0 Å². The lowest BCUT2D eigenvalue weighted by Gasteiger charge is -2.22. The van der Waals surface area contributed by atoms with Crippen molar-refractivity contribution < 1.29 is 24.5 Å². The first-order valence-electron chi connectivity index (χ1n) is 30.7. The number of ether oxygens (including phenoxy) is 1. The van der Waals surface area contributed by atoms with E-state index in [1.165, 1.54) is 244 Å². The lowest BCUT2D eigenvalue weighted by atomic mass is 10.0. The van der Waals surface area contributed by atoms with Crippen molar-refractivity contribution in [2.24, 2.45) is 0 Å². The molecule has 0 aromatic heterocycles. The molecule has 0 radical (unpaired) electrons. The molecule has 69 heavy (non-hydrogen) atoms. The van der Waals surface area contributed by atoms with Gasteiger partial charge < -0.3 is 20.3 Å². The van der Waals surface area contributed by atoms with Gasteiger partial charge in [-0.2, -0.15) is 0 Å². The molecular formula is C63H119NO5. The van der Waals surface area contributed by atoms with Gasteiger partial charge in [-0.25, -0.2) is 0 Å². The lowest BCUT2D eigenvalue weighted by Crippen LogP contribution is -2.45. The van der Waals surface area contributed by atoms with Crippen LogP contribution in [0.3, 0.4) is 0 Å². The smallest absolute Gasteiger partial charge is 0.305 e. The average molecular weight is 971 g/mol. The quantitative estimate of drug-likeness (QED) is 0.0321. The van der Waals surface area contributed by atoms with Crippen LogP contribution in [0.4, 0.5) is 0 Å². The summed E-state index contributed by atoms with van der Waals surface area (Å²) in [4.78, 5) is 24.4. The van der Waals surface area contributed by atoms with Crippen LogP contribution in [-0.4, -0.2) is 47.4 Å². The van der Waals surface area contributed by atoms with Crippen molar-refractivity contribution in [1.82, 2.24) is 5.32 Å². The monoisotopic (exact) mass is 970 g/mol. The van der Waals surface area contributed by atoms with E-state index in [1.807, 2.05) is 0 Å². The van der Waals surface area contributed by atoms with Gasteiger partial charge in [0.1, 0.15) is 0 Å². The van der Waals surface area contributed by atoms with Crippen molar-refractivity contribution in [1.29, 1.82) is 0 Å². The van der Waals surface area contributed by atoms with Crippen molar-refractivity contribution in [3.05, 3.63) is 36.5 Å². The molecule has 0 aliphatic rings. The average Bonchev–Trinajstić information content (AvgIpc) is 3.35. The van der Waals surface area contributed by atoms with Gasteiger partial charge in [0.05, 0.1) is 25.4 Å². The Hall–Kier alpha value is -1.92. The number of nitrogens with one attached hydrogen (secondary N) is 1. The van der Waals surface area contributed by atoms with Gasteiger partial charge in [0.25, 0.3) is 0 Å². The lowest BCUT2D eigenvalue weighted by molar-refractivity contribution is -0.143. The molecule has 0 aliphatic heterocycles. The van der Waals surface area contributed by atoms with Crippen LogP contribution in [0, 0.1) is 0 Å². The standard InChI is InChI=1S/C63H119NO5/c1-3-5-7-9-11-13-15-33-37-41-45-49-53-57-63(68)69-58-54-50-46-42-38-35-32-30-28-26-24-22-20-18-16-17-19-21-23-25-27-29-31-34-36-40-44-48-52-56-62(67)64-60(59-65)61(66)55-51-47-43-39-14-12-10-8-6-4-2/h13,15-16,18,22,24,60-61,65-66H,3-12,14,17,19-21,23,25-59H2,1-2H3,(H,64,67)/b15-13-,18-16-,24-22-. The Kier molecular flexibility index (Phi) is 57.0. The van der Waals surface area contributed by atoms with Gasteiger partial charge in [0.2, 0.25) is 5.91 Å². The number of hydrogen-bond acceptors (Lipinski definition) is 5. The van der Waals surface area contributed by atoms with E-state index in [-0.39, 0.29) is 18.5 Å². The molecule has 6 nitrogen and oxygen atoms in total. The highest BCUT2D eigenvalue weighted by Gasteiger charge is 2.20. The molecule has 0 bridgehead atoms. The van der Waals surface area contributed by atoms with E-state index in [9.17, 15) is 19.8 Å². The molecule has 0 aromatic carbocycles. The fourth-order valence-electron chi connectivity index (χ4n) is 9.43. The first-order valence-corrected chi connectivity index (χ1v) is 30.7. The minimum atomic E-state index is -0.663. The maximum Gasteiger partial charge on any atom is 0.305 e. The third-order valence-electron chi connectivity index (χ3n) is 14.2. The second-order valence-electron chi connectivity index (χ2n) is 21.0. The number of carbonyl (C=O) groups excluding carboxylic acids is 2. The SMILES string of the molecule is CCCCCC/C=C\CCCCCCCC(=O)OCCCCCCCCCCC/C=C\C/C=C\CCCCCCCCCCCCCCCC(=O)NC(CO)C(O)CCCCCCCCCCCC. The Morgan fingerprint density at radius 2 is 0.725 bits per heavy atom. The fourth-order valence-corrected chi connectivity index (χ4v) is 9.43. The second-order valence-corrected chi connectivity index (χ2v) is 21.0. The van der Waals surface area contributed by atoms with Crippen LogP contribution in [0.1, 0.15) is 328 Å². The van der Waals surface area contributed by atoms with Gasteiger partial charge in [-0.05, 0) is 83.5 Å². The highest BCUT2D eigenvalue weighted by atomic mass is 16.5. The predicted octanol–water partition coefficient (Wildman–Crippen LogP) is 19.2. The Bertz CT molecular complexity index is 1120. The van der Waals surface area contributed by atoms with Crippen molar-refractivity contribution >= 4 is 11.9 Å². The summed E-state index contributed by atoms with van der Waals surface area (Å²) in [7, 11) is 0. The van der Waals surface area contributed by atoms with Gasteiger partial charge in [-0.15, -0.1) is 0 Å². The summed E-state index contributed by atoms with van der Waals surface area (Å²) in [5.41, 5.74) is 0. The number of aliphatic hydroxyl groups is 2. The van der Waals surface area contributed by atoms with E-state index in [0.717, 1.165) is 51.4 Å². The van der Waals surface area contributed by atoms with Crippen molar-refractivity contribution in [2.45, 2.75) is 341 Å². The van der Waals surface area contributed by atoms with Crippen LogP contribution < -0.4 is 5.32 Å². The number of rotatable bonds is 57. The number of aliphatic hydroxyl groups excluding tert-OH is 2. The molecule has 0 aliphatic carbocycles. The maximum atomic E-state index is 12.4. The third-order valence-corrected chi connectivity index (χ3v) is 14.2. The van der Waals surface area contributed by atoms with Crippen molar-refractivity contribution in [3.8, 4) is 0 Å². The van der Waals surface area contributed by atoms with Crippen LogP contribution >= 0.6 is 0 Å². The van der Waals surface area contributed by atoms with Gasteiger partial charge in [0.15, 0.2) is 0 Å². The van der Waals surface area contributed by atoms with E-state index < -0.39 is 12.1 Å². The topological polar surface area (TPSA) is 95.9 Å². The highest BCUT2D eigenvalue weighted by Crippen LogP contribution is 2.17. The largest absolute Gasteiger partial charge is 0.466 e. The minimum Gasteiger partial charge on any atom is -0.466 e. The molecular weight excluding hydrogens is 851 g/mol. The molecule has 2 atom stereocenters. The number of carbonyl (C=O) groups is 2. The first kappa shape index (κ1) is 67.1. The molecule has 3 N–H and O–H groups in total. The third kappa shape index (κ3) is 55.2. The molecule has 0 heterocycles. The highest BCUT2D eigenvalue weighted by molar-refractivity contribution is 5.76. The zero-order valence-electron chi connectivity index (χ0n) is 46.3. The van der Waals surface area contributed by atoms with Crippen LogP contribution in [0.25, 0.3) is 0 Å². The number of amides is 1. The minimum absolute atomic E-state index is 0.00252. The fraction of sp³-hybridized carbons (Fsp3) is 0.873. The summed E-state index contributed by atoms with van der Waals surface area (Å²) in [5.74, 6) is -0.0347. The van der Waals surface area contributed by atoms with Gasteiger partial charge in [-0.1, -0.05) is 269 Å². The van der Waals surface area contributed by atoms with E-state index in [2.05, 4.69) is 55.6 Å². The molecule has 6 heteroatoms. The zero-order chi connectivity index (χ0) is 50.0. The predicted molar refractivity (Wildman–Crippen MR) is 301 cm³/mol. The number of hydrogen-bond donors (Lipinski definition) is 3. The van der Waals surface area contributed by atoms with Crippen LogP contribution in [0.5, 0.6) is 0 Å². The number of allylic oxidation sites excluding steroid dienone is 6. The Balaban J connectivity index is 3.39. The Morgan fingerprint density at radius 3 is 1.13 bits per heavy atom. The number of unbranched alkanes of at least 4 members (excludes halogenated alkanes) is 40. The van der Waals surface area contributed by atoms with E-state index in [4.69, 9.17) is 4.74 Å². The normalized spacial score (nSPS) is 12.8. The van der Waals surface area contributed by atoms with Crippen LogP contribution in [0.15, 0.2) is 36.5 Å². The Morgan fingerprint density at radius 1 is 0.406 bits per heavy atom. The summed E-state index contributed by atoms with van der Waals surface area (Å²) < 4.78 is 5.47. The van der Waals surface area contributed by atoms with Crippen molar-refractivity contribution in [2.75, 3.05) is 13.2 Å². The summed E-state index contributed by atoms with van der Waals surface area (Å²) in [6.45, 7) is 4.92. The summed E-state index contributed by atoms with van der Waals surface area (Å²) >= 11 is 0. The molecule has 1 amide bonds. The molecule has 0 saturated carbocycles. The molecule has 0 rings (SSSR count). The van der Waals surface area contributed by atoms with Gasteiger partial charge >= 0.3 is 5.97 Å². The van der Waals surface area contributed by atoms with Crippen molar-refractivity contribution in [3.63, 3.8) is 0 Å². The van der Waals surface area contributed by atoms with E-state index >= 15 is 0 Å². The van der Waals surface area contributed by atoms with Gasteiger partial charge in [-0.3, -0.25) is 9.59 Å². The molecule has 0 saturated heterocycles. The Labute approximate surface area is 430 Å². The first-order chi connectivity index (χ1) is 34.0. The van der Waals surface area contributed by atoms with Crippen LogP contribution in [-0.2, 0) is 14.3 Å². The number of esters is 1. The van der Waals surface area contributed by atoms with E-state index in [1.54, 1.807) is 0 Å². The molecule has 0 aromatic rings. The summed E-state index contributed by atoms with van der Waals surface area (Å²) in [6, 6.07) is -0.540. The molecule has 0 fully saturated rings. The maximum absolute atomic E-state index is 12.4. The molecule has 0 spiro atoms. The molecule has 2 unspecified atom stereocenters. The summed E-state index contributed by atoms with van der Waals surface area (Å²) in [5, 5.41) is 23.2. The summed E-state index contributed by atoms with van der Waals surface area (Å²) in [6.07, 6.45) is 73.1. The zero-order valence-corrected chi connectivity index (χ0v) is 46.3. The molecule has 406 valence electrons. The second kappa shape index (κ2) is 58.6.